The lowest BCUT2D eigenvalue weighted by atomic mass is 10.2. The molecule has 20 heavy (non-hydrogen) atoms. The molecule has 1 amide bonds. The first-order chi connectivity index (χ1) is 9.72. The van der Waals surface area contributed by atoms with Gasteiger partial charge in [0.2, 0.25) is 0 Å². The number of fused-ring (bicyclic) bond motifs is 1. The van der Waals surface area contributed by atoms with Gasteiger partial charge in [-0.15, -0.1) is 0 Å². The quantitative estimate of drug-likeness (QED) is 0.847. The molecule has 1 fully saturated rings. The monoisotopic (exact) mass is 288 g/mol. The van der Waals surface area contributed by atoms with Crippen LogP contribution in [0.4, 0.5) is 0 Å². The molecule has 1 aliphatic carbocycles. The Labute approximate surface area is 123 Å². The minimum Gasteiger partial charge on any atom is -0.316 e. The number of carbonyl (C=O) groups is 1. The Morgan fingerprint density at radius 3 is 2.85 bits per heavy atom. The van der Waals surface area contributed by atoms with Gasteiger partial charge in [0.15, 0.2) is 4.80 Å². The van der Waals surface area contributed by atoms with Crippen LogP contribution in [-0.4, -0.2) is 10.5 Å². The van der Waals surface area contributed by atoms with Crippen LogP contribution in [-0.2, 0) is 17.8 Å². The third kappa shape index (κ3) is 2.57. The van der Waals surface area contributed by atoms with Gasteiger partial charge >= 0.3 is 0 Å². The Morgan fingerprint density at radius 1 is 1.40 bits per heavy atom. The van der Waals surface area contributed by atoms with E-state index in [0.717, 1.165) is 37.0 Å². The number of aryl methyl sites for hydroxylation is 2. The highest BCUT2D eigenvalue weighted by molar-refractivity contribution is 7.16. The number of hydrogen-bond donors (Lipinski definition) is 0. The zero-order valence-electron chi connectivity index (χ0n) is 12.1. The molecule has 0 saturated heterocycles. The molecule has 1 aliphatic rings. The molecule has 4 heteroatoms. The summed E-state index contributed by atoms with van der Waals surface area (Å²) in [6, 6.07) is 6.57. The Morgan fingerprint density at radius 2 is 2.20 bits per heavy atom. The maximum Gasteiger partial charge on any atom is 0.251 e. The molecule has 1 heterocycles. The summed E-state index contributed by atoms with van der Waals surface area (Å²) in [4.78, 5) is 17.2. The van der Waals surface area contributed by atoms with Gasteiger partial charge < -0.3 is 4.57 Å². The highest BCUT2D eigenvalue weighted by Gasteiger charge is 2.29. The molecule has 3 rings (SSSR count). The van der Waals surface area contributed by atoms with Crippen molar-refractivity contribution >= 4 is 27.5 Å². The number of amides is 1. The van der Waals surface area contributed by atoms with Crippen molar-refractivity contribution in [2.24, 2.45) is 10.9 Å². The van der Waals surface area contributed by atoms with E-state index in [9.17, 15) is 4.79 Å². The second-order valence-electron chi connectivity index (χ2n) is 5.42. The first-order valence-corrected chi connectivity index (χ1v) is 8.25. The molecular formula is C16H20N2OS. The fourth-order valence-electron chi connectivity index (χ4n) is 2.38. The van der Waals surface area contributed by atoms with Crippen molar-refractivity contribution in [3.63, 3.8) is 0 Å². The lowest BCUT2D eigenvalue weighted by Gasteiger charge is -2.03. The molecule has 0 spiro atoms. The van der Waals surface area contributed by atoms with Gasteiger partial charge in [0, 0.05) is 12.5 Å². The van der Waals surface area contributed by atoms with E-state index in [1.807, 2.05) is 0 Å². The Balaban J connectivity index is 2.13. The van der Waals surface area contributed by atoms with Crippen LogP contribution < -0.4 is 4.80 Å². The van der Waals surface area contributed by atoms with Gasteiger partial charge in [0.05, 0.1) is 10.2 Å². The number of nitrogens with zero attached hydrogens (tertiary/aromatic N) is 2. The maximum atomic E-state index is 12.0. The summed E-state index contributed by atoms with van der Waals surface area (Å²) in [5, 5.41) is 0. The van der Waals surface area contributed by atoms with Gasteiger partial charge in [0.25, 0.3) is 5.91 Å². The van der Waals surface area contributed by atoms with E-state index in [2.05, 4.69) is 41.6 Å². The highest BCUT2D eigenvalue weighted by Crippen LogP contribution is 2.30. The molecular weight excluding hydrogens is 268 g/mol. The summed E-state index contributed by atoms with van der Waals surface area (Å²) >= 11 is 1.64. The van der Waals surface area contributed by atoms with Crippen LogP contribution in [0.1, 0.15) is 38.7 Å². The van der Waals surface area contributed by atoms with Crippen LogP contribution >= 0.6 is 11.3 Å². The van der Waals surface area contributed by atoms with Crippen molar-refractivity contribution < 1.29 is 4.79 Å². The molecule has 1 saturated carbocycles. The fourth-order valence-corrected chi connectivity index (χ4v) is 3.50. The van der Waals surface area contributed by atoms with E-state index in [1.165, 1.54) is 15.8 Å². The Bertz CT molecular complexity index is 707. The molecule has 1 aromatic heterocycles. The lowest BCUT2D eigenvalue weighted by molar-refractivity contribution is -0.119. The van der Waals surface area contributed by atoms with Crippen LogP contribution in [0.2, 0.25) is 0 Å². The topological polar surface area (TPSA) is 34.4 Å². The van der Waals surface area contributed by atoms with Crippen molar-refractivity contribution in [1.82, 2.24) is 4.57 Å². The summed E-state index contributed by atoms with van der Waals surface area (Å²) in [6.45, 7) is 5.24. The summed E-state index contributed by atoms with van der Waals surface area (Å²) in [7, 11) is 0. The van der Waals surface area contributed by atoms with Crippen LogP contribution in [0.15, 0.2) is 23.2 Å². The summed E-state index contributed by atoms with van der Waals surface area (Å²) in [5.74, 6) is 0.263. The molecule has 0 bridgehead atoms. The van der Waals surface area contributed by atoms with Crippen LogP contribution in [0.5, 0.6) is 0 Å². The van der Waals surface area contributed by atoms with Gasteiger partial charge in [-0.2, -0.15) is 4.99 Å². The van der Waals surface area contributed by atoms with E-state index < -0.39 is 0 Å². The van der Waals surface area contributed by atoms with E-state index in [0.29, 0.717) is 0 Å². The van der Waals surface area contributed by atoms with Crippen LogP contribution in [0, 0.1) is 5.92 Å². The summed E-state index contributed by atoms with van der Waals surface area (Å²) in [5.41, 5.74) is 2.54. The molecule has 0 atom stereocenters. The average Bonchev–Trinajstić information content (AvgIpc) is 3.24. The van der Waals surface area contributed by atoms with Gasteiger partial charge in [-0.05, 0) is 43.4 Å². The van der Waals surface area contributed by atoms with Crippen LogP contribution in [0.25, 0.3) is 10.2 Å². The largest absolute Gasteiger partial charge is 0.316 e. The van der Waals surface area contributed by atoms with Crippen molar-refractivity contribution in [1.29, 1.82) is 0 Å². The Hall–Kier alpha value is -1.42. The molecule has 3 nitrogen and oxygen atoms in total. The number of thiazole rings is 1. The van der Waals surface area contributed by atoms with E-state index >= 15 is 0 Å². The Kier molecular flexibility index (Phi) is 3.74. The minimum atomic E-state index is 0.0668. The zero-order valence-corrected chi connectivity index (χ0v) is 12.9. The van der Waals surface area contributed by atoms with E-state index in [4.69, 9.17) is 0 Å². The minimum absolute atomic E-state index is 0.0668. The first kappa shape index (κ1) is 13.6. The normalized spacial score (nSPS) is 16.0. The molecule has 0 unspecified atom stereocenters. The maximum absolute atomic E-state index is 12.0. The highest BCUT2D eigenvalue weighted by atomic mass is 32.1. The predicted molar refractivity (Wildman–Crippen MR) is 82.8 cm³/mol. The molecule has 106 valence electrons. The van der Waals surface area contributed by atoms with Crippen molar-refractivity contribution in [3.05, 3.63) is 28.6 Å². The second kappa shape index (κ2) is 5.52. The number of carbonyl (C=O) groups excluding carboxylic acids is 1. The third-order valence-corrected chi connectivity index (χ3v) is 4.78. The van der Waals surface area contributed by atoms with Gasteiger partial charge in [-0.25, -0.2) is 0 Å². The van der Waals surface area contributed by atoms with E-state index in [1.54, 1.807) is 11.3 Å². The second-order valence-corrected chi connectivity index (χ2v) is 6.43. The standard InChI is InChI=1S/C16H20N2OS/c1-3-9-18-13-8-5-11(4-2)10-14(13)20-16(18)17-15(19)12-6-7-12/h5,8,10,12H,3-4,6-7,9H2,1-2H3. The van der Waals surface area contributed by atoms with Crippen molar-refractivity contribution in [3.8, 4) is 0 Å². The van der Waals surface area contributed by atoms with Crippen molar-refractivity contribution in [2.45, 2.75) is 46.1 Å². The summed E-state index contributed by atoms with van der Waals surface area (Å²) in [6.07, 6.45) is 4.11. The number of rotatable bonds is 4. The predicted octanol–water partition coefficient (Wildman–Crippen LogP) is 3.51. The third-order valence-electron chi connectivity index (χ3n) is 3.74. The zero-order chi connectivity index (χ0) is 14.1. The van der Waals surface area contributed by atoms with E-state index in [-0.39, 0.29) is 11.8 Å². The fraction of sp³-hybridized carbons (Fsp3) is 0.500. The molecule has 1 aromatic carbocycles. The van der Waals surface area contributed by atoms with Gasteiger partial charge in [-0.1, -0.05) is 31.3 Å². The molecule has 0 radical (unpaired) electrons. The first-order valence-electron chi connectivity index (χ1n) is 7.43. The average molecular weight is 288 g/mol. The van der Waals surface area contributed by atoms with Gasteiger partial charge in [-0.3, -0.25) is 4.79 Å². The smallest absolute Gasteiger partial charge is 0.251 e. The number of benzene rings is 1. The molecule has 2 aromatic rings. The van der Waals surface area contributed by atoms with Crippen LogP contribution in [0.3, 0.4) is 0 Å². The van der Waals surface area contributed by atoms with Crippen molar-refractivity contribution in [2.75, 3.05) is 0 Å². The SMILES string of the molecule is CCCn1c(=NC(=O)C2CC2)sc2cc(CC)ccc21. The summed E-state index contributed by atoms with van der Waals surface area (Å²) < 4.78 is 3.43. The molecule has 0 aliphatic heterocycles. The van der Waals surface area contributed by atoms with Gasteiger partial charge in [0.1, 0.15) is 0 Å². The molecule has 0 N–H and O–H groups in total. The number of hydrogen-bond acceptors (Lipinski definition) is 2. The lowest BCUT2D eigenvalue weighted by Crippen LogP contribution is -2.17. The number of aromatic nitrogens is 1.